The van der Waals surface area contributed by atoms with Crippen LogP contribution in [-0.4, -0.2) is 31.1 Å². The first-order valence-corrected chi connectivity index (χ1v) is 7.69. The summed E-state index contributed by atoms with van der Waals surface area (Å²) in [5.41, 5.74) is 1.42. The van der Waals surface area contributed by atoms with Gasteiger partial charge in [0.15, 0.2) is 0 Å². The largest absolute Gasteiger partial charge is 0.315 e. The molecule has 0 bridgehead atoms. The lowest BCUT2D eigenvalue weighted by molar-refractivity contribution is 0.143. The van der Waals surface area contributed by atoms with Gasteiger partial charge in [0.05, 0.1) is 0 Å². The van der Waals surface area contributed by atoms with Gasteiger partial charge in [0.2, 0.25) is 0 Å². The fraction of sp³-hybridized carbons (Fsp3) is 0.600. The quantitative estimate of drug-likeness (QED) is 0.914. The lowest BCUT2D eigenvalue weighted by Gasteiger charge is -2.37. The molecule has 1 aromatic carbocycles. The van der Waals surface area contributed by atoms with Gasteiger partial charge >= 0.3 is 0 Å². The molecule has 0 amide bonds. The van der Waals surface area contributed by atoms with Crippen molar-refractivity contribution in [3.63, 3.8) is 0 Å². The highest BCUT2D eigenvalue weighted by Crippen LogP contribution is 2.27. The van der Waals surface area contributed by atoms with Gasteiger partial charge < -0.3 is 5.32 Å². The molecule has 0 radical (unpaired) electrons. The highest BCUT2D eigenvalue weighted by atomic mass is 79.9. The van der Waals surface area contributed by atoms with Crippen LogP contribution in [0.25, 0.3) is 0 Å². The normalized spacial score (nSPS) is 22.1. The predicted octanol–water partition coefficient (Wildman–Crippen LogP) is 3.58. The number of hydrogen-bond donors (Lipinski definition) is 1. The van der Waals surface area contributed by atoms with Gasteiger partial charge in [-0.2, -0.15) is 0 Å². The van der Waals surface area contributed by atoms with Crippen molar-refractivity contribution in [1.82, 2.24) is 10.2 Å². The van der Waals surface area contributed by atoms with Crippen LogP contribution in [0.15, 0.2) is 28.7 Å². The molecule has 1 N–H and O–H groups in total. The molecule has 0 aliphatic carbocycles. The fourth-order valence-corrected chi connectivity index (χ4v) is 3.14. The fourth-order valence-electron chi connectivity index (χ4n) is 2.88. The third kappa shape index (κ3) is 3.34. The number of hydrogen-bond acceptors (Lipinski definition) is 2. The number of nitrogens with one attached hydrogen (secondary N) is 1. The smallest absolute Gasteiger partial charge is 0.0345 e. The maximum atomic E-state index is 3.51. The zero-order valence-electron chi connectivity index (χ0n) is 11.3. The van der Waals surface area contributed by atoms with Gasteiger partial charge in [-0.25, -0.2) is 0 Å². The van der Waals surface area contributed by atoms with Gasteiger partial charge in [-0.15, -0.1) is 0 Å². The van der Waals surface area contributed by atoms with Gasteiger partial charge in [0.25, 0.3) is 0 Å². The number of halogens is 1. The monoisotopic (exact) mass is 310 g/mol. The van der Waals surface area contributed by atoms with Crippen molar-refractivity contribution >= 4 is 15.9 Å². The molecule has 2 rings (SSSR count). The second-order valence-electron chi connectivity index (χ2n) is 5.14. The van der Waals surface area contributed by atoms with Crippen LogP contribution < -0.4 is 5.32 Å². The van der Waals surface area contributed by atoms with E-state index in [2.05, 4.69) is 64.4 Å². The van der Waals surface area contributed by atoms with E-state index in [-0.39, 0.29) is 0 Å². The number of rotatable bonds is 4. The summed E-state index contributed by atoms with van der Waals surface area (Å²) in [7, 11) is 2.27. The zero-order chi connectivity index (χ0) is 13.0. The first-order chi connectivity index (χ1) is 8.72. The van der Waals surface area contributed by atoms with Gasteiger partial charge in [-0.3, -0.25) is 4.90 Å². The number of piperidine rings is 1. The van der Waals surface area contributed by atoms with E-state index in [1.165, 1.54) is 24.9 Å². The Morgan fingerprint density at radius 3 is 2.67 bits per heavy atom. The minimum absolute atomic E-state index is 0.531. The van der Waals surface area contributed by atoms with E-state index in [1.807, 2.05) is 0 Å². The summed E-state index contributed by atoms with van der Waals surface area (Å²) in [6.45, 7) is 4.59. The highest BCUT2D eigenvalue weighted by molar-refractivity contribution is 9.10. The first kappa shape index (κ1) is 14.0. The minimum atomic E-state index is 0.531. The van der Waals surface area contributed by atoms with Crippen LogP contribution in [0, 0.1) is 0 Å². The zero-order valence-corrected chi connectivity index (χ0v) is 12.9. The van der Waals surface area contributed by atoms with Crippen LogP contribution in [0.4, 0.5) is 0 Å². The van der Waals surface area contributed by atoms with Gasteiger partial charge in [0, 0.05) is 23.1 Å². The van der Waals surface area contributed by atoms with Crippen LogP contribution >= 0.6 is 15.9 Å². The van der Waals surface area contributed by atoms with E-state index < -0.39 is 0 Å². The average molecular weight is 311 g/mol. The van der Waals surface area contributed by atoms with Crippen molar-refractivity contribution in [3.8, 4) is 0 Å². The third-order valence-corrected chi connectivity index (χ3v) is 4.51. The predicted molar refractivity (Wildman–Crippen MR) is 80.8 cm³/mol. The Labute approximate surface area is 119 Å². The average Bonchev–Trinajstić information content (AvgIpc) is 2.42. The third-order valence-electron chi connectivity index (χ3n) is 3.98. The number of benzene rings is 1. The Balaban J connectivity index is 2.09. The van der Waals surface area contributed by atoms with Crippen molar-refractivity contribution < 1.29 is 0 Å². The summed E-state index contributed by atoms with van der Waals surface area (Å²) < 4.78 is 1.16. The Kier molecular flexibility index (Phi) is 5.22. The van der Waals surface area contributed by atoms with Crippen LogP contribution in [0.2, 0.25) is 0 Å². The van der Waals surface area contributed by atoms with Crippen LogP contribution in [0.3, 0.4) is 0 Å². The second-order valence-corrected chi connectivity index (χ2v) is 6.06. The first-order valence-electron chi connectivity index (χ1n) is 6.90. The van der Waals surface area contributed by atoms with Gasteiger partial charge in [-0.05, 0) is 50.6 Å². The summed E-state index contributed by atoms with van der Waals surface area (Å²) in [6.07, 6.45) is 3.77. The summed E-state index contributed by atoms with van der Waals surface area (Å²) in [4.78, 5) is 2.55. The molecule has 100 valence electrons. The molecule has 2 atom stereocenters. The standard InChI is InChI=1S/C15H23BrN2/c1-3-15(12-6-8-13(16)9-7-12)18(2)14-5-4-10-17-11-14/h6-9,14-15,17H,3-5,10-11H2,1-2H3. The Morgan fingerprint density at radius 2 is 2.11 bits per heavy atom. The van der Waals surface area contributed by atoms with Crippen LogP contribution in [-0.2, 0) is 0 Å². The molecule has 0 spiro atoms. The molecule has 1 heterocycles. The number of likely N-dealkylation sites (N-methyl/N-ethyl adjacent to an activating group) is 1. The summed E-state index contributed by atoms with van der Waals surface area (Å²) in [6, 6.07) is 9.97. The van der Waals surface area contributed by atoms with E-state index in [0.29, 0.717) is 12.1 Å². The van der Waals surface area contributed by atoms with Crippen LogP contribution in [0.5, 0.6) is 0 Å². The van der Waals surface area contributed by atoms with Gasteiger partial charge in [-0.1, -0.05) is 35.0 Å². The van der Waals surface area contributed by atoms with E-state index >= 15 is 0 Å². The van der Waals surface area contributed by atoms with E-state index in [0.717, 1.165) is 17.4 Å². The summed E-state index contributed by atoms with van der Waals surface area (Å²) in [5.74, 6) is 0. The van der Waals surface area contributed by atoms with Crippen molar-refractivity contribution in [3.05, 3.63) is 34.3 Å². The molecule has 0 aromatic heterocycles. The lowest BCUT2D eigenvalue weighted by Crippen LogP contribution is -2.45. The van der Waals surface area contributed by atoms with Crippen molar-refractivity contribution in [2.45, 2.75) is 38.3 Å². The van der Waals surface area contributed by atoms with E-state index in [1.54, 1.807) is 0 Å². The molecule has 1 saturated heterocycles. The molecule has 18 heavy (non-hydrogen) atoms. The molecule has 3 heteroatoms. The number of nitrogens with zero attached hydrogens (tertiary/aromatic N) is 1. The van der Waals surface area contributed by atoms with Gasteiger partial charge in [0.1, 0.15) is 0 Å². The van der Waals surface area contributed by atoms with E-state index in [4.69, 9.17) is 0 Å². The molecule has 1 aliphatic heterocycles. The summed E-state index contributed by atoms with van der Waals surface area (Å²) in [5, 5.41) is 3.51. The molecular weight excluding hydrogens is 288 g/mol. The summed E-state index contributed by atoms with van der Waals surface area (Å²) >= 11 is 3.51. The minimum Gasteiger partial charge on any atom is -0.315 e. The molecule has 0 saturated carbocycles. The molecule has 1 aromatic rings. The molecule has 1 fully saturated rings. The Bertz CT molecular complexity index is 357. The Hall–Kier alpha value is -0.380. The SMILES string of the molecule is CCC(c1ccc(Br)cc1)N(C)C1CCCNC1. The van der Waals surface area contributed by atoms with Crippen molar-refractivity contribution in [2.24, 2.45) is 0 Å². The van der Waals surface area contributed by atoms with Crippen LogP contribution in [0.1, 0.15) is 37.8 Å². The van der Waals surface area contributed by atoms with Crippen molar-refractivity contribution in [1.29, 1.82) is 0 Å². The van der Waals surface area contributed by atoms with Crippen molar-refractivity contribution in [2.75, 3.05) is 20.1 Å². The maximum Gasteiger partial charge on any atom is 0.0345 e. The maximum absolute atomic E-state index is 3.51. The topological polar surface area (TPSA) is 15.3 Å². The molecule has 2 nitrogen and oxygen atoms in total. The lowest BCUT2D eigenvalue weighted by atomic mass is 9.98. The molecule has 1 aliphatic rings. The van der Waals surface area contributed by atoms with E-state index in [9.17, 15) is 0 Å². The Morgan fingerprint density at radius 1 is 1.39 bits per heavy atom. The molecular formula is C15H23BrN2. The highest BCUT2D eigenvalue weighted by Gasteiger charge is 2.24. The second kappa shape index (κ2) is 6.69. The molecule has 2 unspecified atom stereocenters.